The molecule has 6 nitrogen and oxygen atoms in total. The average molecular weight is 372 g/mol. The van der Waals surface area contributed by atoms with Gasteiger partial charge < -0.3 is 10.3 Å². The number of fused-ring (bicyclic) bond motifs is 2. The van der Waals surface area contributed by atoms with Crippen LogP contribution in [0.15, 0.2) is 67.3 Å². The number of nitrogens with one attached hydrogen (secondary N) is 2. The maximum atomic E-state index is 13.6. The number of hydrogen-bond acceptors (Lipinski definition) is 4. The van der Waals surface area contributed by atoms with E-state index >= 15 is 0 Å². The van der Waals surface area contributed by atoms with Crippen molar-refractivity contribution in [3.8, 4) is 11.3 Å². The maximum Gasteiger partial charge on any atom is 0.157 e. The number of aromatic amines is 1. The summed E-state index contributed by atoms with van der Waals surface area (Å²) in [6.45, 7) is 0.724. The van der Waals surface area contributed by atoms with Gasteiger partial charge in [-0.05, 0) is 24.1 Å². The van der Waals surface area contributed by atoms with Crippen molar-refractivity contribution in [2.24, 2.45) is 0 Å². The Morgan fingerprint density at radius 1 is 1.11 bits per heavy atom. The molecule has 0 spiro atoms. The zero-order chi connectivity index (χ0) is 18.9. The fourth-order valence-electron chi connectivity index (χ4n) is 3.40. The summed E-state index contributed by atoms with van der Waals surface area (Å²) in [5.41, 5.74) is 4.36. The van der Waals surface area contributed by atoms with Gasteiger partial charge in [0.05, 0.1) is 18.1 Å². The number of benzene rings is 1. The fraction of sp³-hybridized carbons (Fsp3) is 0.0952. The minimum absolute atomic E-state index is 0.387. The minimum Gasteiger partial charge on any atom is -0.370 e. The Labute approximate surface area is 160 Å². The number of halogens is 1. The van der Waals surface area contributed by atoms with E-state index in [2.05, 4.69) is 37.5 Å². The highest BCUT2D eigenvalue weighted by Gasteiger charge is 2.10. The number of rotatable bonds is 5. The van der Waals surface area contributed by atoms with E-state index in [1.165, 1.54) is 23.2 Å². The number of pyridine rings is 1. The molecule has 0 radical (unpaired) electrons. The third kappa shape index (κ3) is 2.96. The van der Waals surface area contributed by atoms with Gasteiger partial charge in [-0.1, -0.05) is 18.2 Å². The lowest BCUT2D eigenvalue weighted by atomic mass is 10.1. The molecule has 0 aliphatic rings. The first-order valence-electron chi connectivity index (χ1n) is 9.02. The van der Waals surface area contributed by atoms with E-state index in [0.717, 1.165) is 24.3 Å². The molecular weight excluding hydrogens is 355 g/mol. The summed E-state index contributed by atoms with van der Waals surface area (Å²) in [5, 5.41) is 9.00. The molecule has 28 heavy (non-hydrogen) atoms. The first-order valence-corrected chi connectivity index (χ1v) is 9.02. The van der Waals surface area contributed by atoms with Gasteiger partial charge in [0.2, 0.25) is 0 Å². The van der Waals surface area contributed by atoms with Crippen LogP contribution < -0.4 is 5.32 Å². The van der Waals surface area contributed by atoms with E-state index in [4.69, 9.17) is 0 Å². The third-order valence-corrected chi connectivity index (χ3v) is 4.74. The smallest absolute Gasteiger partial charge is 0.157 e. The first kappa shape index (κ1) is 16.4. The minimum atomic E-state index is -0.387. The van der Waals surface area contributed by atoms with E-state index in [-0.39, 0.29) is 5.82 Å². The van der Waals surface area contributed by atoms with Crippen molar-refractivity contribution in [3.05, 3.63) is 78.6 Å². The topological polar surface area (TPSA) is 70.9 Å². The molecule has 0 atom stereocenters. The molecule has 0 unspecified atom stereocenters. The van der Waals surface area contributed by atoms with Crippen molar-refractivity contribution < 1.29 is 4.39 Å². The lowest BCUT2D eigenvalue weighted by Crippen LogP contribution is -2.10. The van der Waals surface area contributed by atoms with Gasteiger partial charge in [0.25, 0.3) is 0 Å². The Hall–Kier alpha value is -3.74. The summed E-state index contributed by atoms with van der Waals surface area (Å²) in [7, 11) is 0. The summed E-state index contributed by atoms with van der Waals surface area (Å²) >= 11 is 0. The largest absolute Gasteiger partial charge is 0.370 e. The molecule has 4 aromatic heterocycles. The van der Waals surface area contributed by atoms with E-state index in [0.29, 0.717) is 16.9 Å². The van der Waals surface area contributed by atoms with Crippen LogP contribution in [-0.4, -0.2) is 31.1 Å². The maximum absolute atomic E-state index is 13.6. The molecule has 1 aromatic carbocycles. The molecule has 4 heterocycles. The SMILES string of the molecule is Fc1cncc(-c2cc(NCCc3c[nH]c4ccccc34)n3nccc3n2)c1. The molecule has 2 N–H and O–H groups in total. The Kier molecular flexibility index (Phi) is 3.97. The van der Waals surface area contributed by atoms with Crippen molar-refractivity contribution >= 4 is 22.4 Å². The highest BCUT2D eigenvalue weighted by molar-refractivity contribution is 5.83. The summed E-state index contributed by atoms with van der Waals surface area (Å²) < 4.78 is 15.3. The quantitative estimate of drug-likeness (QED) is 0.488. The van der Waals surface area contributed by atoms with Gasteiger partial charge in [-0.2, -0.15) is 9.61 Å². The molecule has 0 aliphatic heterocycles. The summed E-state index contributed by atoms with van der Waals surface area (Å²) in [4.78, 5) is 11.8. The predicted octanol–water partition coefficient (Wildman–Crippen LogP) is 4.07. The second kappa shape index (κ2) is 6.77. The Balaban J connectivity index is 1.43. The highest BCUT2D eigenvalue weighted by atomic mass is 19.1. The van der Waals surface area contributed by atoms with Gasteiger partial charge in [0.15, 0.2) is 5.65 Å². The number of hydrogen-bond donors (Lipinski definition) is 2. The van der Waals surface area contributed by atoms with Crippen LogP contribution in [0.5, 0.6) is 0 Å². The Bertz CT molecular complexity index is 1270. The van der Waals surface area contributed by atoms with Gasteiger partial charge in [-0.3, -0.25) is 4.98 Å². The van der Waals surface area contributed by atoms with Crippen molar-refractivity contribution in [2.75, 3.05) is 11.9 Å². The van der Waals surface area contributed by atoms with E-state index in [1.807, 2.05) is 30.5 Å². The normalized spacial score (nSPS) is 11.3. The van der Waals surface area contributed by atoms with E-state index in [9.17, 15) is 4.39 Å². The molecule has 5 aromatic rings. The van der Waals surface area contributed by atoms with E-state index in [1.54, 1.807) is 16.9 Å². The molecule has 0 bridgehead atoms. The van der Waals surface area contributed by atoms with Crippen molar-refractivity contribution in [1.29, 1.82) is 0 Å². The predicted molar refractivity (Wildman–Crippen MR) is 107 cm³/mol. The van der Waals surface area contributed by atoms with Crippen LogP contribution in [-0.2, 0) is 6.42 Å². The number of H-pyrrole nitrogens is 1. The molecule has 138 valence electrons. The Morgan fingerprint density at radius 3 is 2.96 bits per heavy atom. The van der Waals surface area contributed by atoms with Crippen LogP contribution in [0.2, 0.25) is 0 Å². The van der Waals surface area contributed by atoms with Crippen LogP contribution in [0.25, 0.3) is 27.8 Å². The molecule has 0 fully saturated rings. The second-order valence-electron chi connectivity index (χ2n) is 6.56. The van der Waals surface area contributed by atoms with Crippen molar-refractivity contribution in [2.45, 2.75) is 6.42 Å². The third-order valence-electron chi connectivity index (χ3n) is 4.74. The van der Waals surface area contributed by atoms with Gasteiger partial charge in [-0.25, -0.2) is 9.37 Å². The van der Waals surface area contributed by atoms with Crippen LogP contribution >= 0.6 is 0 Å². The highest BCUT2D eigenvalue weighted by Crippen LogP contribution is 2.23. The number of nitrogens with zero attached hydrogens (tertiary/aromatic N) is 4. The molecule has 0 saturated heterocycles. The Morgan fingerprint density at radius 2 is 2.04 bits per heavy atom. The fourth-order valence-corrected chi connectivity index (χ4v) is 3.40. The van der Waals surface area contributed by atoms with Crippen LogP contribution in [0.4, 0.5) is 10.2 Å². The number of para-hydroxylation sites is 1. The van der Waals surface area contributed by atoms with Gasteiger partial charge in [0.1, 0.15) is 11.6 Å². The van der Waals surface area contributed by atoms with Crippen molar-refractivity contribution in [1.82, 2.24) is 24.6 Å². The van der Waals surface area contributed by atoms with Crippen LogP contribution in [0.3, 0.4) is 0 Å². The number of aromatic nitrogens is 5. The average Bonchev–Trinajstić information content (AvgIpc) is 3.35. The van der Waals surface area contributed by atoms with Crippen molar-refractivity contribution in [3.63, 3.8) is 0 Å². The molecule has 0 amide bonds. The van der Waals surface area contributed by atoms with Crippen LogP contribution in [0.1, 0.15) is 5.56 Å². The van der Waals surface area contributed by atoms with Gasteiger partial charge >= 0.3 is 0 Å². The zero-order valence-corrected chi connectivity index (χ0v) is 14.9. The summed E-state index contributed by atoms with van der Waals surface area (Å²) in [5.74, 6) is 0.413. The standard InChI is InChI=1S/C21H17FN6/c22-16-9-15(11-23-13-16)19-10-21(28-20(27-19)6-8-26-28)24-7-5-14-12-25-18-4-2-1-3-17(14)18/h1-4,6,8-13,24-25H,5,7H2. The molecule has 0 saturated carbocycles. The van der Waals surface area contributed by atoms with Gasteiger partial charge in [-0.15, -0.1) is 0 Å². The summed E-state index contributed by atoms with van der Waals surface area (Å²) in [6, 6.07) is 13.4. The molecule has 0 aliphatic carbocycles. The monoisotopic (exact) mass is 372 g/mol. The zero-order valence-electron chi connectivity index (χ0n) is 14.9. The van der Waals surface area contributed by atoms with Crippen LogP contribution in [0, 0.1) is 5.82 Å². The molecule has 5 rings (SSSR count). The van der Waals surface area contributed by atoms with E-state index < -0.39 is 0 Å². The lowest BCUT2D eigenvalue weighted by Gasteiger charge is -2.10. The second-order valence-corrected chi connectivity index (χ2v) is 6.56. The summed E-state index contributed by atoms with van der Waals surface area (Å²) in [6.07, 6.45) is 7.38. The molecule has 7 heteroatoms. The number of anilines is 1. The van der Waals surface area contributed by atoms with Gasteiger partial charge in [0, 0.05) is 47.5 Å². The molecular formula is C21H17FN6. The first-order chi connectivity index (χ1) is 13.8. The lowest BCUT2D eigenvalue weighted by molar-refractivity contribution is 0.622.